The smallest absolute Gasteiger partial charge is 0.0903 e. The van der Waals surface area contributed by atoms with Gasteiger partial charge in [-0.25, -0.2) is 0 Å². The van der Waals surface area contributed by atoms with Gasteiger partial charge in [0.2, 0.25) is 0 Å². The SMILES string of the molecule is CCC[C@@H](C)[C@@H]1CC(O)C(C)(O)[C@H](C)C1. The van der Waals surface area contributed by atoms with Gasteiger partial charge in [-0.1, -0.05) is 33.6 Å². The van der Waals surface area contributed by atoms with Gasteiger partial charge in [0, 0.05) is 0 Å². The van der Waals surface area contributed by atoms with Crippen molar-refractivity contribution in [3.63, 3.8) is 0 Å². The monoisotopic (exact) mass is 214 g/mol. The first kappa shape index (κ1) is 13.0. The molecule has 0 heterocycles. The Hall–Kier alpha value is -0.0800. The fraction of sp³-hybridized carbons (Fsp3) is 1.00. The number of aliphatic hydroxyl groups is 2. The molecule has 0 spiro atoms. The molecule has 0 aromatic heterocycles. The van der Waals surface area contributed by atoms with Crippen LogP contribution in [0.4, 0.5) is 0 Å². The quantitative estimate of drug-likeness (QED) is 0.758. The second-order valence-electron chi connectivity index (χ2n) is 5.64. The van der Waals surface area contributed by atoms with Crippen LogP contribution in [0.1, 0.15) is 53.4 Å². The first-order chi connectivity index (χ1) is 6.89. The van der Waals surface area contributed by atoms with Crippen LogP contribution in [0.15, 0.2) is 0 Å². The molecule has 0 amide bonds. The maximum absolute atomic E-state index is 10.1. The highest BCUT2D eigenvalue weighted by Gasteiger charge is 2.43. The van der Waals surface area contributed by atoms with Gasteiger partial charge in [-0.3, -0.25) is 0 Å². The molecule has 0 saturated heterocycles. The van der Waals surface area contributed by atoms with Crippen LogP contribution in [0.3, 0.4) is 0 Å². The van der Waals surface area contributed by atoms with E-state index in [0.717, 1.165) is 12.8 Å². The fourth-order valence-electron chi connectivity index (χ4n) is 2.80. The summed E-state index contributed by atoms with van der Waals surface area (Å²) < 4.78 is 0. The Labute approximate surface area is 93.7 Å². The zero-order chi connectivity index (χ0) is 11.6. The van der Waals surface area contributed by atoms with Crippen molar-refractivity contribution in [2.45, 2.75) is 65.1 Å². The molecule has 15 heavy (non-hydrogen) atoms. The molecule has 1 aliphatic rings. The van der Waals surface area contributed by atoms with Crippen molar-refractivity contribution in [3.8, 4) is 0 Å². The molecule has 2 N–H and O–H groups in total. The van der Waals surface area contributed by atoms with E-state index in [9.17, 15) is 10.2 Å². The van der Waals surface area contributed by atoms with E-state index in [0.29, 0.717) is 11.8 Å². The van der Waals surface area contributed by atoms with Crippen LogP contribution in [-0.2, 0) is 0 Å². The molecule has 0 aromatic rings. The summed E-state index contributed by atoms with van der Waals surface area (Å²) in [5.74, 6) is 1.45. The molecule has 1 aliphatic carbocycles. The van der Waals surface area contributed by atoms with Crippen LogP contribution < -0.4 is 0 Å². The average molecular weight is 214 g/mol. The van der Waals surface area contributed by atoms with E-state index in [1.54, 1.807) is 6.92 Å². The highest BCUT2D eigenvalue weighted by atomic mass is 16.3. The summed E-state index contributed by atoms with van der Waals surface area (Å²) in [4.78, 5) is 0. The zero-order valence-electron chi connectivity index (χ0n) is 10.5. The highest BCUT2D eigenvalue weighted by molar-refractivity contribution is 4.94. The van der Waals surface area contributed by atoms with Crippen LogP contribution in [-0.4, -0.2) is 21.9 Å². The van der Waals surface area contributed by atoms with Gasteiger partial charge in [-0.15, -0.1) is 0 Å². The van der Waals surface area contributed by atoms with Crippen molar-refractivity contribution in [2.24, 2.45) is 17.8 Å². The minimum absolute atomic E-state index is 0.200. The molecule has 5 atom stereocenters. The molecule has 0 aromatic carbocycles. The lowest BCUT2D eigenvalue weighted by Gasteiger charge is -2.44. The van der Waals surface area contributed by atoms with Gasteiger partial charge in [0.15, 0.2) is 0 Å². The van der Waals surface area contributed by atoms with E-state index in [1.807, 2.05) is 6.92 Å². The first-order valence-electron chi connectivity index (χ1n) is 6.30. The van der Waals surface area contributed by atoms with E-state index in [-0.39, 0.29) is 5.92 Å². The summed E-state index contributed by atoms with van der Waals surface area (Å²) in [6.45, 7) is 8.29. The van der Waals surface area contributed by atoms with Gasteiger partial charge >= 0.3 is 0 Å². The van der Waals surface area contributed by atoms with Crippen molar-refractivity contribution >= 4 is 0 Å². The highest BCUT2D eigenvalue weighted by Crippen LogP contribution is 2.40. The van der Waals surface area contributed by atoms with Crippen LogP contribution in [0.25, 0.3) is 0 Å². The van der Waals surface area contributed by atoms with Crippen LogP contribution in [0, 0.1) is 17.8 Å². The third-order valence-electron chi connectivity index (χ3n) is 4.40. The maximum Gasteiger partial charge on any atom is 0.0903 e. The normalized spacial score (nSPS) is 44.0. The Bertz CT molecular complexity index is 187. The molecule has 1 rings (SSSR count). The van der Waals surface area contributed by atoms with Gasteiger partial charge in [0.05, 0.1) is 11.7 Å². The maximum atomic E-state index is 10.1. The summed E-state index contributed by atoms with van der Waals surface area (Å²) in [6.07, 6.45) is 3.69. The summed E-state index contributed by atoms with van der Waals surface area (Å²) in [5, 5.41) is 20.0. The molecule has 0 aliphatic heterocycles. The Morgan fingerprint density at radius 1 is 1.40 bits per heavy atom. The number of rotatable bonds is 3. The zero-order valence-corrected chi connectivity index (χ0v) is 10.5. The molecule has 2 nitrogen and oxygen atoms in total. The summed E-state index contributed by atoms with van der Waals surface area (Å²) >= 11 is 0. The molecule has 90 valence electrons. The first-order valence-corrected chi connectivity index (χ1v) is 6.30. The predicted octanol–water partition coefficient (Wildman–Crippen LogP) is 2.58. The molecule has 1 saturated carbocycles. The van der Waals surface area contributed by atoms with Gasteiger partial charge in [0.25, 0.3) is 0 Å². The van der Waals surface area contributed by atoms with Gasteiger partial charge in [0.1, 0.15) is 0 Å². The molecule has 0 bridgehead atoms. The second-order valence-corrected chi connectivity index (χ2v) is 5.64. The van der Waals surface area contributed by atoms with Crippen LogP contribution in [0.2, 0.25) is 0 Å². The minimum atomic E-state index is -0.886. The van der Waals surface area contributed by atoms with Crippen LogP contribution >= 0.6 is 0 Å². The summed E-state index contributed by atoms with van der Waals surface area (Å²) in [5.41, 5.74) is -0.886. The van der Waals surface area contributed by atoms with E-state index in [4.69, 9.17) is 0 Å². The number of aliphatic hydroxyl groups excluding tert-OH is 1. The van der Waals surface area contributed by atoms with Gasteiger partial charge in [-0.05, 0) is 37.5 Å². The topological polar surface area (TPSA) is 40.5 Å². The molecular formula is C13H26O2. The van der Waals surface area contributed by atoms with E-state index in [1.165, 1.54) is 12.8 Å². The Morgan fingerprint density at radius 2 is 2.00 bits per heavy atom. The third-order valence-corrected chi connectivity index (χ3v) is 4.40. The van der Waals surface area contributed by atoms with Gasteiger partial charge < -0.3 is 10.2 Å². The lowest BCUT2D eigenvalue weighted by molar-refractivity contribution is -0.137. The van der Waals surface area contributed by atoms with Crippen molar-refractivity contribution in [1.29, 1.82) is 0 Å². The standard InChI is InChI=1S/C13H26O2/c1-5-6-9(2)11-7-10(3)13(4,15)12(14)8-11/h9-12,14-15H,5-8H2,1-4H3/t9-,10-,11+,12?,13?/m1/s1. The number of hydrogen-bond acceptors (Lipinski definition) is 2. The Morgan fingerprint density at radius 3 is 2.47 bits per heavy atom. The molecule has 0 radical (unpaired) electrons. The van der Waals surface area contributed by atoms with E-state index < -0.39 is 11.7 Å². The molecular weight excluding hydrogens is 188 g/mol. The largest absolute Gasteiger partial charge is 0.390 e. The average Bonchev–Trinajstić information content (AvgIpc) is 2.14. The predicted molar refractivity (Wildman–Crippen MR) is 62.6 cm³/mol. The van der Waals surface area contributed by atoms with Crippen molar-refractivity contribution < 1.29 is 10.2 Å². The second kappa shape index (κ2) is 4.84. The molecule has 1 fully saturated rings. The Balaban J connectivity index is 2.60. The van der Waals surface area contributed by atoms with E-state index >= 15 is 0 Å². The van der Waals surface area contributed by atoms with Gasteiger partial charge in [-0.2, -0.15) is 0 Å². The lowest BCUT2D eigenvalue weighted by atomic mass is 9.67. The molecule has 2 unspecified atom stereocenters. The molecule has 2 heteroatoms. The van der Waals surface area contributed by atoms with E-state index in [2.05, 4.69) is 13.8 Å². The third kappa shape index (κ3) is 2.73. The lowest BCUT2D eigenvalue weighted by Crippen LogP contribution is -2.51. The van der Waals surface area contributed by atoms with Crippen molar-refractivity contribution in [3.05, 3.63) is 0 Å². The summed E-state index contributed by atoms with van der Waals surface area (Å²) in [6, 6.07) is 0. The fourth-order valence-corrected chi connectivity index (χ4v) is 2.80. The van der Waals surface area contributed by atoms with Crippen LogP contribution in [0.5, 0.6) is 0 Å². The Kier molecular flexibility index (Phi) is 4.19. The van der Waals surface area contributed by atoms with Crippen molar-refractivity contribution in [2.75, 3.05) is 0 Å². The number of hydrogen-bond donors (Lipinski definition) is 2. The summed E-state index contributed by atoms with van der Waals surface area (Å²) in [7, 11) is 0. The minimum Gasteiger partial charge on any atom is -0.390 e. The van der Waals surface area contributed by atoms with Crippen molar-refractivity contribution in [1.82, 2.24) is 0 Å².